The molecule has 0 aromatic heterocycles. The van der Waals surface area contributed by atoms with Gasteiger partial charge >= 0.3 is 0 Å². The smallest absolute Gasteiger partial charge is 0.295 e. The molecular weight excluding hydrogens is 438 g/mol. The number of hydrogen-bond acceptors (Lipinski definition) is 7. The Morgan fingerprint density at radius 1 is 1.15 bits per heavy atom. The molecule has 2 aromatic carbocycles. The van der Waals surface area contributed by atoms with Gasteiger partial charge in [0.15, 0.2) is 11.5 Å². The summed E-state index contributed by atoms with van der Waals surface area (Å²) in [5, 5.41) is 11.3. The summed E-state index contributed by atoms with van der Waals surface area (Å²) in [5.74, 6) is 0.165. The molecule has 1 unspecified atom stereocenters. The lowest BCUT2D eigenvalue weighted by Gasteiger charge is -2.26. The molecule has 0 aliphatic carbocycles. The summed E-state index contributed by atoms with van der Waals surface area (Å²) in [7, 11) is 3.05. The second-order valence-corrected chi connectivity index (χ2v) is 8.10. The maximum Gasteiger partial charge on any atom is 0.295 e. The first kappa shape index (κ1) is 23.6. The van der Waals surface area contributed by atoms with Crippen LogP contribution in [0.25, 0.3) is 5.76 Å². The normalized spacial score (nSPS) is 19.0. The Labute approximate surface area is 198 Å². The van der Waals surface area contributed by atoms with Gasteiger partial charge in [-0.15, -0.1) is 0 Å². The average Bonchev–Trinajstić information content (AvgIpc) is 3.12. The van der Waals surface area contributed by atoms with Crippen LogP contribution in [-0.4, -0.2) is 62.3 Å². The number of benzene rings is 2. The van der Waals surface area contributed by atoms with Crippen LogP contribution < -0.4 is 14.2 Å². The quantitative estimate of drug-likeness (QED) is 0.361. The molecule has 2 aliphatic rings. The average molecular weight is 468 g/mol. The van der Waals surface area contributed by atoms with Crippen molar-refractivity contribution in [2.45, 2.75) is 25.8 Å². The van der Waals surface area contributed by atoms with Gasteiger partial charge in [0.05, 0.1) is 38.5 Å². The third-order valence-electron chi connectivity index (χ3n) is 6.06. The van der Waals surface area contributed by atoms with Gasteiger partial charge in [0, 0.05) is 19.2 Å². The number of carbonyl (C=O) groups is 2. The number of hydrogen-bond donors (Lipinski definition) is 1. The number of ketones is 1. The molecule has 1 amide bonds. The Kier molecular flexibility index (Phi) is 7.07. The van der Waals surface area contributed by atoms with Crippen molar-refractivity contribution in [2.24, 2.45) is 0 Å². The Hall–Kier alpha value is -3.52. The van der Waals surface area contributed by atoms with Crippen molar-refractivity contribution < 1.29 is 33.6 Å². The van der Waals surface area contributed by atoms with E-state index in [-0.39, 0.29) is 24.5 Å². The molecular formula is C26H29NO7. The summed E-state index contributed by atoms with van der Waals surface area (Å²) in [5.41, 5.74) is 2.09. The lowest BCUT2D eigenvalue weighted by atomic mass is 9.93. The monoisotopic (exact) mass is 467 g/mol. The van der Waals surface area contributed by atoms with E-state index in [1.54, 1.807) is 30.3 Å². The number of Topliss-reactive ketones (excluding diaryl/α,β-unsaturated/α-hetero) is 1. The van der Waals surface area contributed by atoms with Gasteiger partial charge in [-0.3, -0.25) is 9.59 Å². The summed E-state index contributed by atoms with van der Waals surface area (Å²) in [6.45, 7) is 3.42. The molecule has 0 radical (unpaired) electrons. The summed E-state index contributed by atoms with van der Waals surface area (Å²) >= 11 is 0. The highest BCUT2D eigenvalue weighted by molar-refractivity contribution is 6.46. The number of likely N-dealkylation sites (tertiary alicyclic amines) is 1. The minimum Gasteiger partial charge on any atom is -0.507 e. The van der Waals surface area contributed by atoms with E-state index >= 15 is 0 Å². The predicted octanol–water partition coefficient (Wildman–Crippen LogP) is 3.49. The van der Waals surface area contributed by atoms with Gasteiger partial charge < -0.3 is 29.0 Å². The molecule has 1 atom stereocenters. The van der Waals surface area contributed by atoms with Crippen molar-refractivity contribution in [3.63, 3.8) is 0 Å². The number of ether oxygens (including phenoxy) is 4. The maximum absolute atomic E-state index is 13.2. The van der Waals surface area contributed by atoms with Crippen LogP contribution in [0.2, 0.25) is 0 Å². The van der Waals surface area contributed by atoms with E-state index in [9.17, 15) is 14.7 Å². The molecule has 0 bridgehead atoms. The highest BCUT2D eigenvalue weighted by Gasteiger charge is 2.46. The van der Waals surface area contributed by atoms with E-state index in [4.69, 9.17) is 18.9 Å². The second kappa shape index (κ2) is 10.2. The molecule has 8 heteroatoms. The number of aliphatic hydroxyl groups excluding tert-OH is 1. The Balaban J connectivity index is 1.84. The second-order valence-electron chi connectivity index (χ2n) is 8.10. The minimum atomic E-state index is -0.799. The first-order chi connectivity index (χ1) is 16.5. The summed E-state index contributed by atoms with van der Waals surface area (Å²) in [6, 6.07) is 9.77. The van der Waals surface area contributed by atoms with Crippen molar-refractivity contribution in [2.75, 3.05) is 40.6 Å². The van der Waals surface area contributed by atoms with Crippen LogP contribution in [0.3, 0.4) is 0 Å². The van der Waals surface area contributed by atoms with Crippen LogP contribution in [0.1, 0.15) is 36.1 Å². The topological polar surface area (TPSA) is 94.5 Å². The fourth-order valence-electron chi connectivity index (χ4n) is 4.44. The van der Waals surface area contributed by atoms with E-state index in [1.165, 1.54) is 19.1 Å². The number of amides is 1. The zero-order valence-electron chi connectivity index (χ0n) is 19.6. The first-order valence-electron chi connectivity index (χ1n) is 11.3. The van der Waals surface area contributed by atoms with Crippen LogP contribution in [0, 0.1) is 0 Å². The van der Waals surface area contributed by atoms with Crippen LogP contribution in [-0.2, 0) is 20.7 Å². The standard InChI is InChI=1S/C26H29NO7/c1-4-33-20-10-7-17(15-21(20)32-3)23-22(25(29)26(30)27(23)11-13-31-2)24(28)18-8-9-19-16(14-18)6-5-12-34-19/h7-10,14-15,23,28H,4-6,11-13H2,1-3H3/b24-22+. The Morgan fingerprint density at radius 2 is 1.97 bits per heavy atom. The third-order valence-corrected chi connectivity index (χ3v) is 6.06. The molecule has 34 heavy (non-hydrogen) atoms. The van der Waals surface area contributed by atoms with E-state index < -0.39 is 17.7 Å². The Morgan fingerprint density at radius 3 is 2.71 bits per heavy atom. The molecule has 1 N–H and O–H groups in total. The molecule has 1 saturated heterocycles. The highest BCUT2D eigenvalue weighted by atomic mass is 16.5. The van der Waals surface area contributed by atoms with Gasteiger partial charge in [-0.05, 0) is 61.2 Å². The summed E-state index contributed by atoms with van der Waals surface area (Å²) in [4.78, 5) is 27.6. The van der Waals surface area contributed by atoms with E-state index in [0.29, 0.717) is 35.8 Å². The Bertz CT molecular complexity index is 1120. The van der Waals surface area contributed by atoms with Crippen LogP contribution in [0.5, 0.6) is 17.2 Å². The number of fused-ring (bicyclic) bond motifs is 1. The predicted molar refractivity (Wildman–Crippen MR) is 125 cm³/mol. The highest BCUT2D eigenvalue weighted by Crippen LogP contribution is 2.42. The number of rotatable bonds is 8. The zero-order chi connectivity index (χ0) is 24.2. The summed E-state index contributed by atoms with van der Waals surface area (Å²) in [6.07, 6.45) is 1.70. The summed E-state index contributed by atoms with van der Waals surface area (Å²) < 4.78 is 21.9. The van der Waals surface area contributed by atoms with E-state index in [0.717, 1.165) is 24.2 Å². The van der Waals surface area contributed by atoms with Gasteiger partial charge in [-0.25, -0.2) is 0 Å². The maximum atomic E-state index is 13.2. The van der Waals surface area contributed by atoms with Gasteiger partial charge in [0.1, 0.15) is 11.5 Å². The minimum absolute atomic E-state index is 0.0315. The number of carbonyl (C=O) groups excluding carboxylic acids is 2. The van der Waals surface area contributed by atoms with Gasteiger partial charge in [0.25, 0.3) is 11.7 Å². The number of aliphatic hydroxyl groups is 1. The molecule has 180 valence electrons. The van der Waals surface area contributed by atoms with Crippen molar-refractivity contribution in [3.8, 4) is 17.2 Å². The van der Waals surface area contributed by atoms with E-state index in [2.05, 4.69) is 0 Å². The molecule has 2 heterocycles. The molecule has 8 nitrogen and oxygen atoms in total. The third kappa shape index (κ3) is 4.33. The van der Waals surface area contributed by atoms with Gasteiger partial charge in [0.2, 0.25) is 0 Å². The zero-order valence-corrected chi connectivity index (χ0v) is 19.6. The van der Waals surface area contributed by atoms with Crippen molar-refractivity contribution >= 4 is 17.4 Å². The fourth-order valence-corrected chi connectivity index (χ4v) is 4.44. The van der Waals surface area contributed by atoms with Crippen LogP contribution in [0.4, 0.5) is 0 Å². The van der Waals surface area contributed by atoms with Gasteiger partial charge in [-0.1, -0.05) is 6.07 Å². The largest absolute Gasteiger partial charge is 0.507 e. The van der Waals surface area contributed by atoms with Gasteiger partial charge in [-0.2, -0.15) is 0 Å². The van der Waals surface area contributed by atoms with Crippen molar-refractivity contribution in [1.82, 2.24) is 4.90 Å². The molecule has 0 saturated carbocycles. The first-order valence-corrected chi connectivity index (χ1v) is 11.3. The fraction of sp³-hybridized carbons (Fsp3) is 0.385. The number of nitrogens with zero attached hydrogens (tertiary/aromatic N) is 1. The SMILES string of the molecule is CCOc1ccc(C2/C(=C(\O)c3ccc4c(c3)CCCO4)C(=O)C(=O)N2CCOC)cc1OC. The van der Waals surface area contributed by atoms with Crippen molar-refractivity contribution in [3.05, 3.63) is 58.7 Å². The molecule has 4 rings (SSSR count). The molecule has 2 aliphatic heterocycles. The lowest BCUT2D eigenvalue weighted by Crippen LogP contribution is -2.32. The number of aryl methyl sites for hydroxylation is 1. The van der Waals surface area contributed by atoms with Crippen LogP contribution in [0.15, 0.2) is 42.0 Å². The van der Waals surface area contributed by atoms with Crippen molar-refractivity contribution in [1.29, 1.82) is 0 Å². The number of methoxy groups -OCH3 is 2. The molecule has 1 fully saturated rings. The molecule has 2 aromatic rings. The molecule has 0 spiro atoms. The van der Waals surface area contributed by atoms with E-state index in [1.807, 2.05) is 13.0 Å². The lowest BCUT2D eigenvalue weighted by molar-refractivity contribution is -0.140. The van der Waals surface area contributed by atoms with Crippen LogP contribution >= 0.6 is 0 Å².